The fourth-order valence-electron chi connectivity index (χ4n) is 1.65. The van der Waals surface area contributed by atoms with Gasteiger partial charge in [-0.15, -0.1) is 0 Å². The number of nitriles is 1. The van der Waals surface area contributed by atoms with E-state index in [0.29, 0.717) is 12.2 Å². The van der Waals surface area contributed by atoms with Gasteiger partial charge in [0.1, 0.15) is 5.75 Å². The van der Waals surface area contributed by atoms with Crippen molar-refractivity contribution in [2.75, 3.05) is 14.2 Å². The molecule has 1 aromatic rings. The molecule has 96 valence electrons. The maximum absolute atomic E-state index is 12.1. The van der Waals surface area contributed by atoms with Gasteiger partial charge in [-0.3, -0.25) is 4.79 Å². The standard InChI is InChI=1S/C14H18N2O2/c1-11(8-9-15)16(2)14(17)10-12-6-4-5-7-13(12)18-3/h4-7,11H,8,10H2,1-3H3. The van der Waals surface area contributed by atoms with Gasteiger partial charge in [0.2, 0.25) is 5.91 Å². The van der Waals surface area contributed by atoms with Gasteiger partial charge in [-0.1, -0.05) is 18.2 Å². The molecular formula is C14H18N2O2. The normalized spacial score (nSPS) is 11.4. The molecule has 0 aromatic heterocycles. The first kappa shape index (κ1) is 14.0. The number of para-hydroxylation sites is 1. The fraction of sp³-hybridized carbons (Fsp3) is 0.429. The number of benzene rings is 1. The summed E-state index contributed by atoms with van der Waals surface area (Å²) in [7, 11) is 3.31. The van der Waals surface area contributed by atoms with E-state index in [-0.39, 0.29) is 18.4 Å². The number of rotatable bonds is 5. The van der Waals surface area contributed by atoms with E-state index in [9.17, 15) is 4.79 Å². The van der Waals surface area contributed by atoms with Crippen LogP contribution in [0.4, 0.5) is 0 Å². The van der Waals surface area contributed by atoms with E-state index >= 15 is 0 Å². The molecule has 0 aliphatic rings. The van der Waals surface area contributed by atoms with Crippen molar-refractivity contribution >= 4 is 5.91 Å². The highest BCUT2D eigenvalue weighted by Crippen LogP contribution is 2.18. The molecule has 1 aromatic carbocycles. The quantitative estimate of drug-likeness (QED) is 0.798. The summed E-state index contributed by atoms with van der Waals surface area (Å²) in [5.74, 6) is 0.703. The van der Waals surface area contributed by atoms with Gasteiger partial charge in [0, 0.05) is 18.7 Å². The van der Waals surface area contributed by atoms with Crippen LogP contribution in [0.25, 0.3) is 0 Å². The third kappa shape index (κ3) is 3.49. The Bertz CT molecular complexity index is 451. The van der Waals surface area contributed by atoms with Gasteiger partial charge >= 0.3 is 0 Å². The minimum Gasteiger partial charge on any atom is -0.496 e. The van der Waals surface area contributed by atoms with Gasteiger partial charge < -0.3 is 9.64 Å². The first-order valence-electron chi connectivity index (χ1n) is 5.84. The third-order valence-electron chi connectivity index (χ3n) is 2.98. The summed E-state index contributed by atoms with van der Waals surface area (Å²) in [5, 5.41) is 8.63. The molecule has 1 atom stereocenters. The number of ether oxygens (including phenoxy) is 1. The monoisotopic (exact) mass is 246 g/mol. The van der Waals surface area contributed by atoms with Crippen LogP contribution in [0.1, 0.15) is 18.9 Å². The zero-order chi connectivity index (χ0) is 13.5. The number of likely N-dealkylation sites (N-methyl/N-ethyl adjacent to an activating group) is 1. The van der Waals surface area contributed by atoms with Crippen molar-refractivity contribution in [1.82, 2.24) is 4.90 Å². The predicted molar refractivity (Wildman–Crippen MR) is 69.2 cm³/mol. The van der Waals surface area contributed by atoms with Crippen LogP contribution in [0.15, 0.2) is 24.3 Å². The van der Waals surface area contributed by atoms with Crippen LogP contribution in [0.5, 0.6) is 5.75 Å². The molecule has 1 amide bonds. The lowest BCUT2D eigenvalue weighted by molar-refractivity contribution is -0.130. The molecule has 0 radical (unpaired) electrons. The summed E-state index contributed by atoms with van der Waals surface area (Å²) in [6.07, 6.45) is 0.629. The average Bonchev–Trinajstić information content (AvgIpc) is 2.38. The molecule has 4 heteroatoms. The number of carbonyl (C=O) groups is 1. The van der Waals surface area contributed by atoms with Gasteiger partial charge in [0.05, 0.1) is 26.0 Å². The maximum atomic E-state index is 12.1. The number of amides is 1. The van der Waals surface area contributed by atoms with Crippen LogP contribution in [0.2, 0.25) is 0 Å². The van der Waals surface area contributed by atoms with Crippen LogP contribution < -0.4 is 4.74 Å². The van der Waals surface area contributed by atoms with E-state index in [1.807, 2.05) is 31.2 Å². The Morgan fingerprint density at radius 1 is 1.50 bits per heavy atom. The highest BCUT2D eigenvalue weighted by molar-refractivity contribution is 5.79. The Kier molecular flexibility index (Phi) is 5.19. The van der Waals surface area contributed by atoms with E-state index < -0.39 is 0 Å². The molecule has 0 bridgehead atoms. The predicted octanol–water partition coefficient (Wildman–Crippen LogP) is 2.00. The van der Waals surface area contributed by atoms with E-state index in [2.05, 4.69) is 6.07 Å². The fourth-order valence-corrected chi connectivity index (χ4v) is 1.65. The first-order chi connectivity index (χ1) is 8.60. The van der Waals surface area contributed by atoms with Gasteiger partial charge in [0.15, 0.2) is 0 Å². The molecule has 0 aliphatic carbocycles. The Morgan fingerprint density at radius 2 is 2.17 bits per heavy atom. The van der Waals surface area contributed by atoms with Crippen molar-refractivity contribution in [3.63, 3.8) is 0 Å². The number of carbonyl (C=O) groups excluding carboxylic acids is 1. The molecule has 0 saturated carbocycles. The zero-order valence-electron chi connectivity index (χ0n) is 11.0. The topological polar surface area (TPSA) is 53.3 Å². The molecular weight excluding hydrogens is 228 g/mol. The molecule has 0 heterocycles. The van der Waals surface area contributed by atoms with Crippen LogP contribution in [0, 0.1) is 11.3 Å². The minimum absolute atomic E-state index is 0.0118. The summed E-state index contributed by atoms with van der Waals surface area (Å²) in [4.78, 5) is 13.7. The van der Waals surface area contributed by atoms with Crippen molar-refractivity contribution in [1.29, 1.82) is 5.26 Å². The second-order valence-corrected chi connectivity index (χ2v) is 4.20. The molecule has 4 nitrogen and oxygen atoms in total. The van der Waals surface area contributed by atoms with Crippen molar-refractivity contribution in [3.05, 3.63) is 29.8 Å². The Hall–Kier alpha value is -2.02. The minimum atomic E-state index is -0.0720. The second kappa shape index (κ2) is 6.65. The summed E-state index contributed by atoms with van der Waals surface area (Å²) in [6, 6.07) is 9.46. The molecule has 1 rings (SSSR count). The van der Waals surface area contributed by atoms with Crippen LogP contribution in [0.3, 0.4) is 0 Å². The molecule has 18 heavy (non-hydrogen) atoms. The summed E-state index contributed by atoms with van der Waals surface area (Å²) < 4.78 is 5.21. The number of hydrogen-bond acceptors (Lipinski definition) is 3. The van der Waals surface area contributed by atoms with Gasteiger partial charge in [-0.05, 0) is 13.0 Å². The van der Waals surface area contributed by atoms with Crippen LogP contribution >= 0.6 is 0 Å². The Labute approximate surface area is 108 Å². The third-order valence-corrected chi connectivity index (χ3v) is 2.98. The van der Waals surface area contributed by atoms with Gasteiger partial charge in [-0.2, -0.15) is 5.26 Å². The van der Waals surface area contributed by atoms with Crippen LogP contribution in [-0.4, -0.2) is 31.0 Å². The van der Waals surface area contributed by atoms with E-state index in [1.165, 1.54) is 0 Å². The molecule has 0 aliphatic heterocycles. The van der Waals surface area contributed by atoms with E-state index in [1.54, 1.807) is 19.1 Å². The van der Waals surface area contributed by atoms with Crippen molar-refractivity contribution in [2.45, 2.75) is 25.8 Å². The highest BCUT2D eigenvalue weighted by Gasteiger charge is 2.17. The van der Waals surface area contributed by atoms with Crippen molar-refractivity contribution in [3.8, 4) is 11.8 Å². The smallest absolute Gasteiger partial charge is 0.227 e. The van der Waals surface area contributed by atoms with Gasteiger partial charge in [0.25, 0.3) is 0 Å². The maximum Gasteiger partial charge on any atom is 0.227 e. The number of nitrogens with zero attached hydrogens (tertiary/aromatic N) is 2. The average molecular weight is 246 g/mol. The number of methoxy groups -OCH3 is 1. The van der Waals surface area contributed by atoms with Gasteiger partial charge in [-0.25, -0.2) is 0 Å². The molecule has 0 saturated heterocycles. The summed E-state index contributed by atoms with van der Waals surface area (Å²) in [6.45, 7) is 1.86. The Balaban J connectivity index is 2.73. The molecule has 1 unspecified atom stereocenters. The lowest BCUT2D eigenvalue weighted by Gasteiger charge is -2.23. The second-order valence-electron chi connectivity index (χ2n) is 4.20. The Morgan fingerprint density at radius 3 is 2.78 bits per heavy atom. The zero-order valence-corrected chi connectivity index (χ0v) is 11.0. The summed E-state index contributed by atoms with van der Waals surface area (Å²) in [5.41, 5.74) is 0.862. The van der Waals surface area contributed by atoms with E-state index in [0.717, 1.165) is 5.56 Å². The molecule has 0 N–H and O–H groups in total. The van der Waals surface area contributed by atoms with Crippen LogP contribution in [-0.2, 0) is 11.2 Å². The summed E-state index contributed by atoms with van der Waals surface area (Å²) >= 11 is 0. The largest absolute Gasteiger partial charge is 0.496 e. The lowest BCUT2D eigenvalue weighted by atomic mass is 10.1. The number of hydrogen-bond donors (Lipinski definition) is 0. The molecule has 0 spiro atoms. The highest BCUT2D eigenvalue weighted by atomic mass is 16.5. The first-order valence-corrected chi connectivity index (χ1v) is 5.84. The molecule has 0 fully saturated rings. The SMILES string of the molecule is COc1ccccc1CC(=O)N(C)C(C)CC#N. The van der Waals surface area contributed by atoms with Crippen molar-refractivity contribution < 1.29 is 9.53 Å². The lowest BCUT2D eigenvalue weighted by Crippen LogP contribution is -2.35. The van der Waals surface area contributed by atoms with Crippen molar-refractivity contribution in [2.24, 2.45) is 0 Å². The van der Waals surface area contributed by atoms with E-state index in [4.69, 9.17) is 10.00 Å².